The number of carbonyl (C=O) groups is 1. The van der Waals surface area contributed by atoms with Gasteiger partial charge in [-0.25, -0.2) is 9.48 Å². The number of benzene rings is 1. The quantitative estimate of drug-likeness (QED) is 0.813. The molecule has 0 spiro atoms. The van der Waals surface area contributed by atoms with E-state index in [0.717, 1.165) is 5.69 Å². The van der Waals surface area contributed by atoms with E-state index in [1.165, 1.54) is 6.07 Å². The molecule has 0 aliphatic carbocycles. The molecule has 3 N–H and O–H groups in total. The monoisotopic (exact) mass is 245 g/mol. The van der Waals surface area contributed by atoms with Gasteiger partial charge in [0.05, 0.1) is 22.6 Å². The van der Waals surface area contributed by atoms with Gasteiger partial charge in [0.1, 0.15) is 0 Å². The molecule has 0 aliphatic heterocycles. The summed E-state index contributed by atoms with van der Waals surface area (Å²) in [5.41, 5.74) is 7.70. The molecule has 0 fully saturated rings. The standard InChI is InChI=1S/C13H15N3O2/c1-8(2)10-6-7-16(15-10)11-5-3-4-9(12(11)14)13(17)18/h3-8H,14H2,1-2H3,(H,17,18). The fraction of sp³-hybridized carbons (Fsp3) is 0.231. The molecule has 0 atom stereocenters. The minimum Gasteiger partial charge on any atom is -0.478 e. The Balaban J connectivity index is 2.50. The minimum absolute atomic E-state index is 0.0918. The number of anilines is 1. The topological polar surface area (TPSA) is 81.1 Å². The Hall–Kier alpha value is -2.30. The second-order valence-electron chi connectivity index (χ2n) is 4.38. The maximum atomic E-state index is 11.0. The van der Waals surface area contributed by atoms with Crippen LogP contribution in [0.3, 0.4) is 0 Å². The van der Waals surface area contributed by atoms with Gasteiger partial charge in [-0.3, -0.25) is 0 Å². The van der Waals surface area contributed by atoms with Crippen LogP contribution in [0.1, 0.15) is 35.8 Å². The number of carboxylic acids is 1. The number of nitrogen functional groups attached to an aromatic ring is 1. The van der Waals surface area contributed by atoms with Crippen molar-refractivity contribution in [3.05, 3.63) is 41.7 Å². The molecule has 0 bridgehead atoms. The van der Waals surface area contributed by atoms with Crippen molar-refractivity contribution in [2.75, 3.05) is 5.73 Å². The number of aromatic nitrogens is 2. The fourth-order valence-electron chi connectivity index (χ4n) is 1.72. The summed E-state index contributed by atoms with van der Waals surface area (Å²) in [5, 5.41) is 13.4. The van der Waals surface area contributed by atoms with Crippen LogP contribution < -0.4 is 5.73 Å². The Morgan fingerprint density at radius 3 is 2.67 bits per heavy atom. The summed E-state index contributed by atoms with van der Waals surface area (Å²) in [5.74, 6) is -0.722. The number of carboxylic acid groups (broad SMARTS) is 1. The van der Waals surface area contributed by atoms with Crippen molar-refractivity contribution in [2.45, 2.75) is 19.8 Å². The van der Waals surface area contributed by atoms with Gasteiger partial charge >= 0.3 is 5.97 Å². The minimum atomic E-state index is -1.04. The lowest BCUT2D eigenvalue weighted by molar-refractivity contribution is 0.0698. The van der Waals surface area contributed by atoms with Crippen LogP contribution in [-0.2, 0) is 0 Å². The molecule has 0 amide bonds. The van der Waals surface area contributed by atoms with E-state index < -0.39 is 5.97 Å². The molecule has 0 aliphatic rings. The van der Waals surface area contributed by atoms with E-state index in [0.29, 0.717) is 11.6 Å². The Kier molecular flexibility index (Phi) is 3.06. The second kappa shape index (κ2) is 4.52. The predicted molar refractivity (Wildman–Crippen MR) is 69.0 cm³/mol. The van der Waals surface area contributed by atoms with Gasteiger partial charge in [-0.15, -0.1) is 0 Å². The number of nitrogens with two attached hydrogens (primary N) is 1. The molecule has 1 heterocycles. The molecule has 5 nitrogen and oxygen atoms in total. The van der Waals surface area contributed by atoms with E-state index in [2.05, 4.69) is 5.10 Å². The summed E-state index contributed by atoms with van der Waals surface area (Å²) in [7, 11) is 0. The summed E-state index contributed by atoms with van der Waals surface area (Å²) >= 11 is 0. The third-order valence-corrected chi connectivity index (χ3v) is 2.76. The average molecular weight is 245 g/mol. The number of rotatable bonds is 3. The lowest BCUT2D eigenvalue weighted by Crippen LogP contribution is -2.07. The van der Waals surface area contributed by atoms with Crippen molar-refractivity contribution in [3.63, 3.8) is 0 Å². The molecule has 0 unspecified atom stereocenters. The first kappa shape index (κ1) is 12.2. The zero-order chi connectivity index (χ0) is 13.3. The highest BCUT2D eigenvalue weighted by Crippen LogP contribution is 2.22. The average Bonchev–Trinajstić information content (AvgIpc) is 2.78. The van der Waals surface area contributed by atoms with Gasteiger partial charge in [-0.2, -0.15) is 5.10 Å². The molecule has 5 heteroatoms. The SMILES string of the molecule is CC(C)c1ccn(-c2cccc(C(=O)O)c2N)n1. The van der Waals surface area contributed by atoms with Crippen molar-refractivity contribution in [2.24, 2.45) is 0 Å². The number of hydrogen-bond acceptors (Lipinski definition) is 3. The normalized spacial score (nSPS) is 10.8. The van der Waals surface area contributed by atoms with Crippen molar-refractivity contribution in [3.8, 4) is 5.69 Å². The van der Waals surface area contributed by atoms with E-state index in [1.807, 2.05) is 19.9 Å². The van der Waals surface area contributed by atoms with E-state index in [4.69, 9.17) is 10.8 Å². The highest BCUT2D eigenvalue weighted by atomic mass is 16.4. The van der Waals surface area contributed by atoms with Crippen LogP contribution in [0.5, 0.6) is 0 Å². The van der Waals surface area contributed by atoms with E-state index in [1.54, 1.807) is 23.0 Å². The van der Waals surface area contributed by atoms with E-state index in [9.17, 15) is 4.79 Å². The Morgan fingerprint density at radius 2 is 2.11 bits per heavy atom. The third-order valence-electron chi connectivity index (χ3n) is 2.76. The largest absolute Gasteiger partial charge is 0.478 e. The molecule has 18 heavy (non-hydrogen) atoms. The molecule has 94 valence electrons. The first-order valence-electron chi connectivity index (χ1n) is 5.68. The van der Waals surface area contributed by atoms with Crippen molar-refractivity contribution in [1.29, 1.82) is 0 Å². The molecule has 2 rings (SSSR count). The second-order valence-corrected chi connectivity index (χ2v) is 4.38. The summed E-state index contributed by atoms with van der Waals surface area (Å²) in [6.45, 7) is 4.09. The van der Waals surface area contributed by atoms with E-state index >= 15 is 0 Å². The van der Waals surface area contributed by atoms with Crippen LogP contribution in [0.25, 0.3) is 5.69 Å². The lowest BCUT2D eigenvalue weighted by Gasteiger charge is -2.08. The number of para-hydroxylation sites is 1. The van der Waals surface area contributed by atoms with Gasteiger partial charge < -0.3 is 10.8 Å². The number of aromatic carboxylic acids is 1. The molecular weight excluding hydrogens is 230 g/mol. The van der Waals surface area contributed by atoms with Crippen LogP contribution >= 0.6 is 0 Å². The molecule has 0 saturated carbocycles. The molecule has 1 aromatic carbocycles. The summed E-state index contributed by atoms with van der Waals surface area (Å²) < 4.78 is 1.61. The summed E-state index contributed by atoms with van der Waals surface area (Å²) in [6, 6.07) is 6.79. The smallest absolute Gasteiger partial charge is 0.337 e. The Labute approximate surface area is 105 Å². The van der Waals surface area contributed by atoms with Gasteiger partial charge in [-0.05, 0) is 24.1 Å². The summed E-state index contributed by atoms with van der Waals surface area (Å²) in [6.07, 6.45) is 1.78. The van der Waals surface area contributed by atoms with Gasteiger partial charge in [0.25, 0.3) is 0 Å². The predicted octanol–water partition coefficient (Wildman–Crippen LogP) is 2.28. The van der Waals surface area contributed by atoms with E-state index in [-0.39, 0.29) is 11.3 Å². The lowest BCUT2D eigenvalue weighted by atomic mass is 10.1. The first-order valence-corrected chi connectivity index (χ1v) is 5.68. The maximum absolute atomic E-state index is 11.0. The van der Waals surface area contributed by atoms with Crippen LogP contribution in [0.15, 0.2) is 30.5 Å². The van der Waals surface area contributed by atoms with Crippen LogP contribution in [0.2, 0.25) is 0 Å². The molecule has 0 saturated heterocycles. The molecular formula is C13H15N3O2. The van der Waals surface area contributed by atoms with Crippen LogP contribution in [0, 0.1) is 0 Å². The highest BCUT2D eigenvalue weighted by molar-refractivity contribution is 5.95. The maximum Gasteiger partial charge on any atom is 0.337 e. The zero-order valence-corrected chi connectivity index (χ0v) is 10.3. The molecule has 1 aromatic heterocycles. The Morgan fingerprint density at radius 1 is 1.39 bits per heavy atom. The third kappa shape index (κ3) is 2.07. The van der Waals surface area contributed by atoms with Gasteiger partial charge in [-0.1, -0.05) is 19.9 Å². The van der Waals surface area contributed by atoms with Crippen molar-refractivity contribution in [1.82, 2.24) is 9.78 Å². The highest BCUT2D eigenvalue weighted by Gasteiger charge is 2.13. The van der Waals surface area contributed by atoms with Crippen LogP contribution in [-0.4, -0.2) is 20.9 Å². The molecule has 0 radical (unpaired) electrons. The molecule has 2 aromatic rings. The number of hydrogen-bond donors (Lipinski definition) is 2. The zero-order valence-electron chi connectivity index (χ0n) is 10.3. The van der Waals surface area contributed by atoms with Crippen molar-refractivity contribution < 1.29 is 9.90 Å². The van der Waals surface area contributed by atoms with Gasteiger partial charge in [0.2, 0.25) is 0 Å². The van der Waals surface area contributed by atoms with Crippen LogP contribution in [0.4, 0.5) is 5.69 Å². The van der Waals surface area contributed by atoms with Gasteiger partial charge in [0, 0.05) is 6.20 Å². The first-order chi connectivity index (χ1) is 8.50. The van der Waals surface area contributed by atoms with Gasteiger partial charge in [0.15, 0.2) is 0 Å². The Bertz CT molecular complexity index is 588. The number of nitrogens with zero attached hydrogens (tertiary/aromatic N) is 2. The fourth-order valence-corrected chi connectivity index (χ4v) is 1.72. The summed E-state index contributed by atoms with van der Waals surface area (Å²) in [4.78, 5) is 11.0. The van der Waals surface area contributed by atoms with Crippen molar-refractivity contribution >= 4 is 11.7 Å².